The van der Waals surface area contributed by atoms with E-state index in [4.69, 9.17) is 0 Å². The van der Waals surface area contributed by atoms with Crippen LogP contribution in [0.5, 0.6) is 0 Å². The third kappa shape index (κ3) is 3.69. The fourth-order valence-electron chi connectivity index (χ4n) is 2.05. The zero-order valence-electron chi connectivity index (χ0n) is 10.7. The van der Waals surface area contributed by atoms with Gasteiger partial charge in [-0.1, -0.05) is 12.1 Å². The highest BCUT2D eigenvalue weighted by Crippen LogP contribution is 2.40. The summed E-state index contributed by atoms with van der Waals surface area (Å²) in [5.41, 5.74) is -0.459. The SMILES string of the molecule is O=C([O-])CCN1C(=O)CS[C@H]1c1cccc(C(F)(F)F)c1. The van der Waals surface area contributed by atoms with E-state index in [-0.39, 0.29) is 24.6 Å². The molecule has 0 aliphatic carbocycles. The van der Waals surface area contributed by atoms with Crippen LogP contribution in [0.15, 0.2) is 24.3 Å². The molecule has 0 unspecified atom stereocenters. The minimum absolute atomic E-state index is 0.0743. The number of thioether (sulfide) groups is 1. The van der Waals surface area contributed by atoms with Gasteiger partial charge in [0.15, 0.2) is 0 Å². The quantitative estimate of drug-likeness (QED) is 0.842. The van der Waals surface area contributed by atoms with Crippen molar-refractivity contribution < 1.29 is 27.9 Å². The minimum atomic E-state index is -4.46. The van der Waals surface area contributed by atoms with Crippen LogP contribution in [-0.2, 0) is 15.8 Å². The van der Waals surface area contributed by atoms with Gasteiger partial charge in [0.2, 0.25) is 5.91 Å². The monoisotopic (exact) mass is 318 g/mol. The highest BCUT2D eigenvalue weighted by molar-refractivity contribution is 8.00. The average Bonchev–Trinajstić information content (AvgIpc) is 2.77. The second kappa shape index (κ2) is 5.97. The number of rotatable bonds is 4. The molecule has 0 bridgehead atoms. The van der Waals surface area contributed by atoms with Gasteiger partial charge in [-0.2, -0.15) is 13.2 Å². The van der Waals surface area contributed by atoms with Crippen LogP contribution in [0.4, 0.5) is 13.2 Å². The first-order valence-corrected chi connectivity index (χ1v) is 7.12. The lowest BCUT2D eigenvalue weighted by atomic mass is 10.1. The fraction of sp³-hybridized carbons (Fsp3) is 0.385. The first-order valence-electron chi connectivity index (χ1n) is 6.07. The van der Waals surface area contributed by atoms with Crippen molar-refractivity contribution in [2.75, 3.05) is 12.3 Å². The first kappa shape index (κ1) is 15.7. The number of hydrogen-bond donors (Lipinski definition) is 0. The highest BCUT2D eigenvalue weighted by Gasteiger charge is 2.35. The molecule has 0 aromatic heterocycles. The second-order valence-corrected chi connectivity index (χ2v) is 5.56. The normalized spacial score (nSPS) is 19.1. The standard InChI is InChI=1S/C13H12F3NO3S/c14-13(15,16)9-3-1-2-8(6-9)12-17(5-4-11(19)20)10(18)7-21-12/h1-3,6,12H,4-5,7H2,(H,19,20)/p-1/t12-/m0/s1. The van der Waals surface area contributed by atoms with Gasteiger partial charge < -0.3 is 14.8 Å². The molecule has 1 aromatic rings. The number of amides is 1. The molecule has 8 heteroatoms. The van der Waals surface area contributed by atoms with Crippen molar-refractivity contribution in [1.29, 1.82) is 0 Å². The van der Waals surface area contributed by atoms with Crippen molar-refractivity contribution >= 4 is 23.6 Å². The van der Waals surface area contributed by atoms with Gasteiger partial charge in [0.25, 0.3) is 0 Å². The summed E-state index contributed by atoms with van der Waals surface area (Å²) in [4.78, 5) is 23.5. The van der Waals surface area contributed by atoms with E-state index >= 15 is 0 Å². The molecule has 1 heterocycles. The Hall–Kier alpha value is -1.70. The van der Waals surface area contributed by atoms with E-state index < -0.39 is 23.1 Å². The van der Waals surface area contributed by atoms with Crippen LogP contribution in [0.3, 0.4) is 0 Å². The summed E-state index contributed by atoms with van der Waals surface area (Å²) >= 11 is 1.18. The maximum atomic E-state index is 12.7. The minimum Gasteiger partial charge on any atom is -0.550 e. The summed E-state index contributed by atoms with van der Waals surface area (Å²) in [6, 6.07) is 4.72. The average molecular weight is 318 g/mol. The molecule has 21 heavy (non-hydrogen) atoms. The molecule has 1 aromatic carbocycles. The smallest absolute Gasteiger partial charge is 0.416 e. The Morgan fingerprint density at radius 3 is 2.76 bits per heavy atom. The van der Waals surface area contributed by atoms with Crippen LogP contribution < -0.4 is 5.11 Å². The van der Waals surface area contributed by atoms with Crippen LogP contribution in [0.25, 0.3) is 0 Å². The zero-order valence-corrected chi connectivity index (χ0v) is 11.5. The number of halogens is 3. The number of carboxylic acids is 1. The number of carbonyl (C=O) groups excluding carboxylic acids is 2. The number of aliphatic carboxylic acids is 1. The van der Waals surface area contributed by atoms with Crippen molar-refractivity contribution in [3.8, 4) is 0 Å². The van der Waals surface area contributed by atoms with Crippen LogP contribution in [-0.4, -0.2) is 29.1 Å². The number of nitrogens with zero attached hydrogens (tertiary/aromatic N) is 1. The second-order valence-electron chi connectivity index (χ2n) is 4.50. The number of carbonyl (C=O) groups is 2. The van der Waals surface area contributed by atoms with E-state index in [1.165, 1.54) is 28.8 Å². The van der Waals surface area contributed by atoms with Gasteiger partial charge in [-0.3, -0.25) is 4.79 Å². The number of hydrogen-bond acceptors (Lipinski definition) is 4. The molecule has 1 aliphatic rings. The Kier molecular flexibility index (Phi) is 4.46. The first-order chi connectivity index (χ1) is 9.79. The molecule has 1 atom stereocenters. The molecule has 4 nitrogen and oxygen atoms in total. The van der Waals surface area contributed by atoms with Gasteiger partial charge in [-0.15, -0.1) is 11.8 Å². The lowest BCUT2D eigenvalue weighted by Gasteiger charge is -2.25. The van der Waals surface area contributed by atoms with Crippen LogP contribution in [0, 0.1) is 0 Å². The number of alkyl halides is 3. The Bertz CT molecular complexity index is 562. The van der Waals surface area contributed by atoms with Gasteiger partial charge in [0, 0.05) is 18.9 Å². The molecule has 0 N–H and O–H groups in total. The lowest BCUT2D eigenvalue weighted by molar-refractivity contribution is -0.305. The molecular weight excluding hydrogens is 307 g/mol. The van der Waals surface area contributed by atoms with Crippen LogP contribution in [0.1, 0.15) is 22.9 Å². The maximum Gasteiger partial charge on any atom is 0.416 e. The maximum absolute atomic E-state index is 12.7. The Morgan fingerprint density at radius 2 is 2.14 bits per heavy atom. The van der Waals surface area contributed by atoms with Crippen molar-refractivity contribution in [1.82, 2.24) is 4.90 Å². The molecule has 2 rings (SSSR count). The molecule has 1 amide bonds. The topological polar surface area (TPSA) is 60.4 Å². The predicted molar refractivity (Wildman–Crippen MR) is 68.0 cm³/mol. The third-order valence-corrected chi connectivity index (χ3v) is 4.28. The Labute approximate surface area is 122 Å². The molecule has 114 valence electrons. The molecule has 1 aliphatic heterocycles. The Morgan fingerprint density at radius 1 is 1.43 bits per heavy atom. The van der Waals surface area contributed by atoms with Crippen molar-refractivity contribution in [3.05, 3.63) is 35.4 Å². The van der Waals surface area contributed by atoms with E-state index in [1.807, 2.05) is 0 Å². The van der Waals surface area contributed by atoms with Crippen LogP contribution >= 0.6 is 11.8 Å². The van der Waals surface area contributed by atoms with Gasteiger partial charge in [0.1, 0.15) is 5.37 Å². The Balaban J connectivity index is 2.23. The van der Waals surface area contributed by atoms with Crippen molar-refractivity contribution in [3.63, 3.8) is 0 Å². The highest BCUT2D eigenvalue weighted by atomic mass is 32.2. The molecule has 1 fully saturated rings. The van der Waals surface area contributed by atoms with Gasteiger partial charge >= 0.3 is 6.18 Å². The van der Waals surface area contributed by atoms with Crippen molar-refractivity contribution in [2.24, 2.45) is 0 Å². The van der Waals surface area contributed by atoms with Gasteiger partial charge in [0.05, 0.1) is 11.3 Å². The van der Waals surface area contributed by atoms with Crippen LogP contribution in [0.2, 0.25) is 0 Å². The van der Waals surface area contributed by atoms with Gasteiger partial charge in [-0.05, 0) is 17.7 Å². The van der Waals surface area contributed by atoms with E-state index in [2.05, 4.69) is 0 Å². The zero-order chi connectivity index (χ0) is 15.6. The summed E-state index contributed by atoms with van der Waals surface area (Å²) in [5, 5.41) is 9.89. The molecular formula is C13H11F3NO3S-. The largest absolute Gasteiger partial charge is 0.550 e. The molecule has 0 saturated carbocycles. The molecule has 1 saturated heterocycles. The van der Waals surface area contributed by atoms with E-state index in [0.29, 0.717) is 5.56 Å². The van der Waals surface area contributed by atoms with E-state index in [9.17, 15) is 27.9 Å². The number of benzene rings is 1. The summed E-state index contributed by atoms with van der Waals surface area (Å²) < 4.78 is 38.1. The summed E-state index contributed by atoms with van der Waals surface area (Å²) in [7, 11) is 0. The summed E-state index contributed by atoms with van der Waals surface area (Å²) in [6.45, 7) is -0.0743. The van der Waals surface area contributed by atoms with E-state index in [1.54, 1.807) is 0 Å². The number of carboxylic acid groups (broad SMARTS) is 1. The predicted octanol–water partition coefficient (Wildman–Crippen LogP) is 1.42. The van der Waals surface area contributed by atoms with Gasteiger partial charge in [-0.25, -0.2) is 0 Å². The molecule has 0 spiro atoms. The summed E-state index contributed by atoms with van der Waals surface area (Å²) in [5.74, 6) is -1.47. The molecule has 0 radical (unpaired) electrons. The summed E-state index contributed by atoms with van der Waals surface area (Å²) in [6.07, 6.45) is -4.80. The fourth-order valence-corrected chi connectivity index (χ4v) is 3.26. The van der Waals surface area contributed by atoms with Crippen molar-refractivity contribution in [2.45, 2.75) is 18.0 Å². The lowest BCUT2D eigenvalue weighted by Crippen LogP contribution is -2.33. The third-order valence-electron chi connectivity index (χ3n) is 3.02. The van der Waals surface area contributed by atoms with E-state index in [0.717, 1.165) is 12.1 Å².